The molecule has 134 valence electrons. The van der Waals surface area contributed by atoms with Crippen LogP contribution in [0.4, 0.5) is 5.95 Å². The van der Waals surface area contributed by atoms with Crippen molar-refractivity contribution in [2.45, 2.75) is 6.54 Å². The lowest BCUT2D eigenvalue weighted by molar-refractivity contribution is 0.474. The van der Waals surface area contributed by atoms with E-state index in [1.807, 2.05) is 0 Å². The molecule has 9 nitrogen and oxygen atoms in total. The fourth-order valence-corrected chi connectivity index (χ4v) is 2.59. The number of allylic oxidation sites excluding steroid dienone is 1. The number of imidazole rings is 1. The second-order valence-corrected chi connectivity index (χ2v) is 5.64. The first-order chi connectivity index (χ1) is 12.5. The van der Waals surface area contributed by atoms with Gasteiger partial charge in [0, 0.05) is 26.2 Å². The van der Waals surface area contributed by atoms with Crippen molar-refractivity contribution >= 4 is 23.3 Å². The van der Waals surface area contributed by atoms with Crippen LogP contribution in [0.3, 0.4) is 0 Å². The quantitative estimate of drug-likeness (QED) is 0.400. The number of nitrogens with zero attached hydrogens (tertiary/aromatic N) is 5. The summed E-state index contributed by atoms with van der Waals surface area (Å²) in [5.41, 5.74) is 2.87. The molecule has 0 bridgehead atoms. The number of fused-ring (bicyclic) bond motifs is 1. The summed E-state index contributed by atoms with van der Waals surface area (Å²) in [7, 11) is 3.20. The largest absolute Gasteiger partial charge is 0.507 e. The van der Waals surface area contributed by atoms with Crippen LogP contribution < -0.4 is 16.7 Å². The van der Waals surface area contributed by atoms with Crippen molar-refractivity contribution in [3.8, 4) is 5.75 Å². The molecule has 1 aromatic carbocycles. The van der Waals surface area contributed by atoms with Crippen molar-refractivity contribution in [3.05, 3.63) is 63.3 Å². The molecular weight excluding hydrogens is 336 g/mol. The first-order valence-electron chi connectivity index (χ1n) is 7.80. The molecule has 0 spiro atoms. The maximum Gasteiger partial charge on any atom is 0.332 e. The van der Waals surface area contributed by atoms with Crippen molar-refractivity contribution < 1.29 is 5.11 Å². The Labute approximate surface area is 148 Å². The van der Waals surface area contributed by atoms with E-state index in [0.29, 0.717) is 5.56 Å². The molecule has 3 rings (SSSR count). The molecule has 9 heteroatoms. The van der Waals surface area contributed by atoms with Gasteiger partial charge >= 0.3 is 5.69 Å². The molecule has 26 heavy (non-hydrogen) atoms. The van der Waals surface area contributed by atoms with Crippen LogP contribution in [0, 0.1) is 0 Å². The summed E-state index contributed by atoms with van der Waals surface area (Å²) in [5.74, 6) is 0.382. The topological polar surface area (TPSA) is 106 Å². The van der Waals surface area contributed by atoms with Gasteiger partial charge in [0.15, 0.2) is 11.2 Å². The summed E-state index contributed by atoms with van der Waals surface area (Å²) in [4.78, 5) is 29.2. The van der Waals surface area contributed by atoms with E-state index in [-0.39, 0.29) is 29.4 Å². The normalized spacial score (nSPS) is 11.3. The average molecular weight is 354 g/mol. The van der Waals surface area contributed by atoms with E-state index in [1.165, 1.54) is 21.4 Å². The van der Waals surface area contributed by atoms with Crippen LogP contribution in [-0.2, 0) is 20.6 Å². The minimum absolute atomic E-state index is 0.0951. The number of phenolic OH excluding ortho intramolecular Hbond substituents is 1. The molecule has 0 atom stereocenters. The Morgan fingerprint density at radius 2 is 2.00 bits per heavy atom. The number of aromatic hydroxyl groups is 1. The van der Waals surface area contributed by atoms with Gasteiger partial charge in [-0.2, -0.15) is 10.1 Å². The standard InChI is InChI=1S/C17H18N6O3/c1-4-9-23-15(25)13-14(22(3)17(23)26)19-16(21(13)2)20-18-10-11-7-5-6-8-12(11)24/h4-8,10,24H,1,9H2,2-3H3,(H,19,20)/b18-10+. The molecule has 2 aromatic heterocycles. The molecule has 0 unspecified atom stereocenters. The van der Waals surface area contributed by atoms with Crippen molar-refractivity contribution in [1.82, 2.24) is 18.7 Å². The minimum Gasteiger partial charge on any atom is -0.507 e. The number of rotatable bonds is 5. The summed E-state index contributed by atoms with van der Waals surface area (Å²) < 4.78 is 3.92. The maximum absolute atomic E-state index is 12.6. The predicted molar refractivity (Wildman–Crippen MR) is 99.7 cm³/mol. The van der Waals surface area contributed by atoms with Gasteiger partial charge in [-0.15, -0.1) is 6.58 Å². The Kier molecular flexibility index (Phi) is 4.44. The van der Waals surface area contributed by atoms with Gasteiger partial charge in [-0.3, -0.25) is 13.9 Å². The maximum atomic E-state index is 12.6. The third-order valence-electron chi connectivity index (χ3n) is 3.98. The highest BCUT2D eigenvalue weighted by Gasteiger charge is 2.17. The van der Waals surface area contributed by atoms with Gasteiger partial charge in [-0.05, 0) is 12.1 Å². The molecule has 0 saturated heterocycles. The molecule has 0 radical (unpaired) electrons. The van der Waals surface area contributed by atoms with Gasteiger partial charge < -0.3 is 9.67 Å². The molecule has 2 N–H and O–H groups in total. The number of para-hydroxylation sites is 1. The number of hydrogen-bond acceptors (Lipinski definition) is 6. The van der Waals surface area contributed by atoms with Gasteiger partial charge in [0.05, 0.1) is 6.21 Å². The SMILES string of the molecule is C=CCn1c(=O)c2c(nc(N/N=C/c3ccccc3O)n2C)n(C)c1=O. The van der Waals surface area contributed by atoms with Crippen molar-refractivity contribution in [2.24, 2.45) is 19.2 Å². The van der Waals surface area contributed by atoms with E-state index in [1.54, 1.807) is 38.4 Å². The molecule has 0 fully saturated rings. The molecule has 0 amide bonds. The lowest BCUT2D eigenvalue weighted by Gasteiger charge is -2.06. The average Bonchev–Trinajstić information content (AvgIpc) is 2.95. The third-order valence-corrected chi connectivity index (χ3v) is 3.98. The van der Waals surface area contributed by atoms with Crippen LogP contribution in [0.1, 0.15) is 5.56 Å². The van der Waals surface area contributed by atoms with E-state index in [0.717, 1.165) is 4.57 Å². The zero-order valence-electron chi connectivity index (χ0n) is 14.4. The van der Waals surface area contributed by atoms with E-state index in [4.69, 9.17) is 0 Å². The van der Waals surface area contributed by atoms with Crippen LogP contribution in [0.25, 0.3) is 11.2 Å². The Hall–Kier alpha value is -3.62. The van der Waals surface area contributed by atoms with E-state index in [2.05, 4.69) is 22.1 Å². The lowest BCUT2D eigenvalue weighted by Crippen LogP contribution is -2.39. The number of hydrazone groups is 1. The van der Waals surface area contributed by atoms with Gasteiger partial charge in [-0.1, -0.05) is 18.2 Å². The van der Waals surface area contributed by atoms with Crippen molar-refractivity contribution in [2.75, 3.05) is 5.43 Å². The lowest BCUT2D eigenvalue weighted by atomic mass is 10.2. The molecule has 0 saturated carbocycles. The second kappa shape index (κ2) is 6.71. The Balaban J connectivity index is 2.05. The van der Waals surface area contributed by atoms with Crippen molar-refractivity contribution in [1.29, 1.82) is 0 Å². The van der Waals surface area contributed by atoms with Gasteiger partial charge in [0.25, 0.3) is 5.56 Å². The number of phenols is 1. The molecule has 0 aliphatic heterocycles. The Bertz CT molecular complexity index is 1140. The molecule has 2 heterocycles. The smallest absolute Gasteiger partial charge is 0.332 e. The first kappa shape index (κ1) is 17.2. The summed E-state index contributed by atoms with van der Waals surface area (Å²) in [5, 5.41) is 13.8. The van der Waals surface area contributed by atoms with Crippen LogP contribution in [0.15, 0.2) is 51.6 Å². The monoisotopic (exact) mass is 354 g/mol. The van der Waals surface area contributed by atoms with Gasteiger partial charge in [-0.25, -0.2) is 10.2 Å². The number of nitrogens with one attached hydrogen (secondary N) is 1. The molecule has 0 aliphatic rings. The first-order valence-corrected chi connectivity index (χ1v) is 7.80. The number of hydrogen-bond donors (Lipinski definition) is 2. The summed E-state index contributed by atoms with van der Waals surface area (Å²) in [6, 6.07) is 6.73. The second-order valence-electron chi connectivity index (χ2n) is 5.64. The van der Waals surface area contributed by atoms with Crippen LogP contribution in [0.5, 0.6) is 5.75 Å². The zero-order valence-corrected chi connectivity index (χ0v) is 14.4. The fraction of sp³-hybridized carbons (Fsp3) is 0.176. The molecular formula is C17H18N6O3. The van der Waals surface area contributed by atoms with Gasteiger partial charge in [0.1, 0.15) is 5.75 Å². The summed E-state index contributed by atoms with van der Waals surface area (Å²) >= 11 is 0. The number of benzene rings is 1. The number of aryl methyl sites for hydroxylation is 2. The number of aromatic nitrogens is 4. The Morgan fingerprint density at radius 3 is 2.69 bits per heavy atom. The predicted octanol–water partition coefficient (Wildman–Crippen LogP) is 0.771. The van der Waals surface area contributed by atoms with Crippen LogP contribution in [0.2, 0.25) is 0 Å². The highest BCUT2D eigenvalue weighted by molar-refractivity contribution is 5.83. The highest BCUT2D eigenvalue weighted by atomic mass is 16.3. The molecule has 0 aliphatic carbocycles. The van der Waals surface area contributed by atoms with E-state index in [9.17, 15) is 14.7 Å². The Morgan fingerprint density at radius 1 is 1.27 bits per heavy atom. The molecule has 3 aromatic rings. The summed E-state index contributed by atoms with van der Waals surface area (Å²) in [6.45, 7) is 3.68. The summed E-state index contributed by atoms with van der Waals surface area (Å²) in [6.07, 6.45) is 2.92. The number of anilines is 1. The van der Waals surface area contributed by atoms with Crippen LogP contribution in [-0.4, -0.2) is 30.0 Å². The third kappa shape index (κ3) is 2.79. The highest BCUT2D eigenvalue weighted by Crippen LogP contribution is 2.15. The van der Waals surface area contributed by atoms with Gasteiger partial charge in [0.2, 0.25) is 5.95 Å². The minimum atomic E-state index is -0.468. The van der Waals surface area contributed by atoms with E-state index >= 15 is 0 Å². The zero-order chi connectivity index (χ0) is 18.8. The van der Waals surface area contributed by atoms with E-state index < -0.39 is 11.2 Å². The van der Waals surface area contributed by atoms with Crippen molar-refractivity contribution in [3.63, 3.8) is 0 Å². The van der Waals surface area contributed by atoms with Crippen LogP contribution >= 0.6 is 0 Å². The fourth-order valence-electron chi connectivity index (χ4n) is 2.59.